The zero-order valence-corrected chi connectivity index (χ0v) is 16.7. The van der Waals surface area contributed by atoms with Gasteiger partial charge in [0.25, 0.3) is 10.0 Å². The van der Waals surface area contributed by atoms with Gasteiger partial charge in [-0.3, -0.25) is 14.4 Å². The predicted octanol–water partition coefficient (Wildman–Crippen LogP) is 1.67. The number of nitrogens with one attached hydrogen (secondary N) is 1. The molecule has 3 rings (SSSR count). The molecule has 9 heteroatoms. The molecule has 0 spiro atoms. The molecule has 0 radical (unpaired) electrons. The fraction of sp³-hybridized carbons (Fsp3) is 0.263. The lowest BCUT2D eigenvalue weighted by atomic mass is 10.1. The van der Waals surface area contributed by atoms with Gasteiger partial charge < -0.3 is 10.6 Å². The molecule has 3 N–H and O–H groups in total. The fourth-order valence-corrected chi connectivity index (χ4v) is 3.89. The highest BCUT2D eigenvalue weighted by Crippen LogP contribution is 2.24. The third kappa shape index (κ3) is 4.94. The summed E-state index contributed by atoms with van der Waals surface area (Å²) in [5.41, 5.74) is 8.93. The minimum Gasteiger partial charge on any atom is -0.329 e. The van der Waals surface area contributed by atoms with Gasteiger partial charge in [-0.15, -0.1) is 0 Å². The maximum Gasteiger partial charge on any atom is 0.265 e. The van der Waals surface area contributed by atoms with Crippen molar-refractivity contribution < 1.29 is 8.42 Å². The van der Waals surface area contributed by atoms with Crippen LogP contribution in [0.4, 0.5) is 5.69 Å². The second-order valence-electron chi connectivity index (χ2n) is 6.64. The number of rotatable bonds is 8. The Morgan fingerprint density at radius 1 is 1.18 bits per heavy atom. The maximum absolute atomic E-state index is 12.5. The molecule has 0 unspecified atom stereocenters. The van der Waals surface area contributed by atoms with Crippen LogP contribution in [-0.4, -0.2) is 48.2 Å². The van der Waals surface area contributed by atoms with Gasteiger partial charge in [0.05, 0.1) is 6.20 Å². The molecule has 0 atom stereocenters. The normalized spacial score (nSPS) is 11.7. The van der Waals surface area contributed by atoms with Crippen molar-refractivity contribution in [2.75, 3.05) is 24.9 Å². The molecule has 8 nitrogen and oxygen atoms in total. The van der Waals surface area contributed by atoms with Crippen molar-refractivity contribution in [2.45, 2.75) is 11.4 Å². The van der Waals surface area contributed by atoms with E-state index in [-0.39, 0.29) is 4.90 Å². The summed E-state index contributed by atoms with van der Waals surface area (Å²) in [7, 11) is -0.0108. The molecule has 148 valence electrons. The summed E-state index contributed by atoms with van der Waals surface area (Å²) in [6.07, 6.45) is 6.36. The number of aryl methyl sites for hydroxylation is 1. The van der Waals surface area contributed by atoms with E-state index in [9.17, 15) is 8.42 Å². The van der Waals surface area contributed by atoms with Gasteiger partial charge in [-0.05, 0) is 36.4 Å². The van der Waals surface area contributed by atoms with Crippen LogP contribution in [0.2, 0.25) is 0 Å². The van der Waals surface area contributed by atoms with E-state index in [1.165, 1.54) is 17.1 Å². The quantitative estimate of drug-likeness (QED) is 0.596. The Kier molecular flexibility index (Phi) is 6.08. The van der Waals surface area contributed by atoms with Crippen LogP contribution < -0.4 is 10.5 Å². The van der Waals surface area contributed by atoms with E-state index >= 15 is 0 Å². The van der Waals surface area contributed by atoms with Crippen LogP contribution in [0.15, 0.2) is 60.0 Å². The lowest BCUT2D eigenvalue weighted by molar-refractivity contribution is 0.336. The molecule has 0 aliphatic carbocycles. The number of hydrogen-bond donors (Lipinski definition) is 2. The summed E-state index contributed by atoms with van der Waals surface area (Å²) in [5.74, 6) is 0. The van der Waals surface area contributed by atoms with Crippen molar-refractivity contribution in [2.24, 2.45) is 12.8 Å². The highest BCUT2D eigenvalue weighted by atomic mass is 32.2. The molecular formula is C19H24N6O2S. The number of anilines is 1. The topological polar surface area (TPSA) is 106 Å². The maximum atomic E-state index is 12.5. The largest absolute Gasteiger partial charge is 0.329 e. The van der Waals surface area contributed by atoms with E-state index in [0.717, 1.165) is 29.8 Å². The monoisotopic (exact) mass is 400 g/mol. The lowest BCUT2D eigenvalue weighted by Gasteiger charge is -2.15. The minimum atomic E-state index is -3.69. The second-order valence-corrected chi connectivity index (χ2v) is 8.33. The van der Waals surface area contributed by atoms with Crippen molar-refractivity contribution >= 4 is 15.7 Å². The van der Waals surface area contributed by atoms with Crippen LogP contribution in [-0.2, 0) is 23.6 Å². The number of nitrogens with zero attached hydrogens (tertiary/aromatic N) is 4. The molecule has 0 saturated carbocycles. The average molecular weight is 401 g/mol. The van der Waals surface area contributed by atoms with Crippen molar-refractivity contribution in [3.8, 4) is 11.1 Å². The van der Waals surface area contributed by atoms with Crippen LogP contribution in [0, 0.1) is 0 Å². The Balaban J connectivity index is 1.82. The van der Waals surface area contributed by atoms with Crippen LogP contribution in [0.5, 0.6) is 0 Å². The van der Waals surface area contributed by atoms with Crippen molar-refractivity contribution in [1.29, 1.82) is 0 Å². The first-order valence-electron chi connectivity index (χ1n) is 8.82. The SMILES string of the molecule is CN(CCN)Cc1cncc(-c2cccc(NS(=O)(=O)c3cnn(C)c3)c2)c1. The molecule has 3 aromatic rings. The molecule has 2 aromatic heterocycles. The van der Waals surface area contributed by atoms with E-state index in [1.807, 2.05) is 25.4 Å². The van der Waals surface area contributed by atoms with Gasteiger partial charge in [0.15, 0.2) is 0 Å². The minimum absolute atomic E-state index is 0.118. The van der Waals surface area contributed by atoms with E-state index in [4.69, 9.17) is 5.73 Å². The summed E-state index contributed by atoms with van der Waals surface area (Å²) in [6.45, 7) is 2.14. The first-order chi connectivity index (χ1) is 13.4. The van der Waals surface area contributed by atoms with E-state index < -0.39 is 10.0 Å². The lowest BCUT2D eigenvalue weighted by Crippen LogP contribution is -2.25. The number of aromatic nitrogens is 3. The molecule has 2 heterocycles. The van der Waals surface area contributed by atoms with E-state index in [2.05, 4.69) is 25.8 Å². The number of hydrogen-bond acceptors (Lipinski definition) is 6. The Labute approximate surface area is 165 Å². The molecule has 28 heavy (non-hydrogen) atoms. The molecule has 0 fully saturated rings. The molecule has 0 aliphatic rings. The smallest absolute Gasteiger partial charge is 0.265 e. The Bertz CT molecular complexity index is 1050. The fourth-order valence-electron chi connectivity index (χ4n) is 2.86. The molecule has 0 amide bonds. The number of nitrogens with two attached hydrogens (primary N) is 1. The zero-order chi connectivity index (χ0) is 20.1. The van der Waals surface area contributed by atoms with E-state index in [0.29, 0.717) is 12.2 Å². The van der Waals surface area contributed by atoms with Crippen LogP contribution in [0.3, 0.4) is 0 Å². The van der Waals surface area contributed by atoms with Gasteiger partial charge >= 0.3 is 0 Å². The number of sulfonamides is 1. The number of pyridine rings is 1. The van der Waals surface area contributed by atoms with Gasteiger partial charge in [0.2, 0.25) is 0 Å². The highest BCUT2D eigenvalue weighted by Gasteiger charge is 2.16. The Morgan fingerprint density at radius 3 is 2.71 bits per heavy atom. The summed E-state index contributed by atoms with van der Waals surface area (Å²) in [4.78, 5) is 6.56. The first kappa shape index (κ1) is 20.0. The Hall–Kier alpha value is -2.75. The van der Waals surface area contributed by atoms with Crippen molar-refractivity contribution in [1.82, 2.24) is 19.7 Å². The number of likely N-dealkylation sites (N-methyl/N-ethyl adjacent to an activating group) is 1. The van der Waals surface area contributed by atoms with Gasteiger partial charge in [-0.2, -0.15) is 5.10 Å². The van der Waals surface area contributed by atoms with Crippen LogP contribution in [0.1, 0.15) is 5.56 Å². The summed E-state index contributed by atoms with van der Waals surface area (Å²) >= 11 is 0. The molecular weight excluding hydrogens is 376 g/mol. The average Bonchev–Trinajstić information content (AvgIpc) is 3.09. The molecule has 0 aliphatic heterocycles. The molecule has 0 bridgehead atoms. The predicted molar refractivity (Wildman–Crippen MR) is 109 cm³/mol. The van der Waals surface area contributed by atoms with Gasteiger partial charge in [0, 0.05) is 56.5 Å². The standard InChI is InChI=1S/C19H24N6O2S/c1-24(7-6-20)13-15-8-17(11-21-10-15)16-4-3-5-18(9-16)23-28(26,27)19-12-22-25(2)14-19/h3-5,8-12,14,23H,6-7,13,20H2,1-2H3. The van der Waals surface area contributed by atoms with Crippen molar-refractivity contribution in [3.63, 3.8) is 0 Å². The summed E-state index contributed by atoms with van der Waals surface area (Å²) < 4.78 is 29.1. The van der Waals surface area contributed by atoms with Crippen LogP contribution >= 0.6 is 0 Å². The van der Waals surface area contributed by atoms with Gasteiger partial charge in [-0.1, -0.05) is 12.1 Å². The zero-order valence-electron chi connectivity index (χ0n) is 15.9. The number of benzene rings is 1. The van der Waals surface area contributed by atoms with Gasteiger partial charge in [0.1, 0.15) is 4.90 Å². The van der Waals surface area contributed by atoms with Crippen LogP contribution in [0.25, 0.3) is 11.1 Å². The highest BCUT2D eigenvalue weighted by molar-refractivity contribution is 7.92. The second kappa shape index (κ2) is 8.51. The Morgan fingerprint density at radius 2 is 2.00 bits per heavy atom. The van der Waals surface area contributed by atoms with Gasteiger partial charge in [-0.25, -0.2) is 8.42 Å². The first-order valence-corrected chi connectivity index (χ1v) is 10.3. The third-order valence-electron chi connectivity index (χ3n) is 4.20. The summed E-state index contributed by atoms with van der Waals surface area (Å²) in [5, 5.41) is 3.91. The molecule has 0 saturated heterocycles. The third-order valence-corrected chi connectivity index (χ3v) is 5.53. The molecule has 1 aromatic carbocycles. The van der Waals surface area contributed by atoms with Crippen molar-refractivity contribution in [3.05, 3.63) is 60.7 Å². The van der Waals surface area contributed by atoms with E-state index in [1.54, 1.807) is 25.4 Å². The summed E-state index contributed by atoms with van der Waals surface area (Å²) in [6, 6.07) is 9.28.